The first-order chi connectivity index (χ1) is 15.0. The van der Waals surface area contributed by atoms with Gasteiger partial charge in [-0.25, -0.2) is 0 Å². The molecule has 7 heteroatoms. The topological polar surface area (TPSA) is 74.3 Å². The van der Waals surface area contributed by atoms with Gasteiger partial charge in [0, 0.05) is 19.4 Å². The van der Waals surface area contributed by atoms with E-state index in [-0.39, 0.29) is 18.1 Å². The summed E-state index contributed by atoms with van der Waals surface area (Å²) in [5.74, 6) is 2.81. The summed E-state index contributed by atoms with van der Waals surface area (Å²) in [7, 11) is 3.19. The molecule has 2 aromatic carbocycles. The molecule has 164 valence electrons. The van der Waals surface area contributed by atoms with E-state index in [0.717, 1.165) is 11.5 Å². The van der Waals surface area contributed by atoms with Crippen molar-refractivity contribution in [2.45, 2.75) is 31.3 Å². The lowest BCUT2D eigenvalue weighted by Gasteiger charge is -2.34. The summed E-state index contributed by atoms with van der Waals surface area (Å²) in [4.78, 5) is 27.2. The van der Waals surface area contributed by atoms with E-state index >= 15 is 0 Å². The Hall–Kier alpha value is -3.22. The summed E-state index contributed by atoms with van der Waals surface area (Å²) >= 11 is 0. The second kappa shape index (κ2) is 8.88. The molecular formula is C24H27NO6. The number of fused-ring (bicyclic) bond motifs is 1. The van der Waals surface area contributed by atoms with Gasteiger partial charge in [0.2, 0.25) is 5.91 Å². The van der Waals surface area contributed by atoms with Crippen LogP contribution in [0.4, 0.5) is 0 Å². The average molecular weight is 425 g/mol. The number of benzene rings is 2. The summed E-state index contributed by atoms with van der Waals surface area (Å²) in [6.07, 6.45) is 1.95. The Kier molecular flexibility index (Phi) is 6.02. The van der Waals surface area contributed by atoms with Gasteiger partial charge in [0.05, 0.1) is 39.4 Å². The molecule has 1 amide bonds. The molecule has 31 heavy (non-hydrogen) atoms. The second-order valence-corrected chi connectivity index (χ2v) is 7.94. The Bertz CT molecular complexity index is 957. The van der Waals surface area contributed by atoms with Crippen LogP contribution >= 0.6 is 0 Å². The van der Waals surface area contributed by atoms with Crippen molar-refractivity contribution >= 4 is 11.7 Å². The minimum absolute atomic E-state index is 0.0299. The van der Waals surface area contributed by atoms with Crippen LogP contribution in [0, 0.1) is 0 Å². The zero-order valence-electron chi connectivity index (χ0n) is 17.9. The van der Waals surface area contributed by atoms with Gasteiger partial charge in [-0.1, -0.05) is 0 Å². The van der Waals surface area contributed by atoms with E-state index in [4.69, 9.17) is 18.9 Å². The molecule has 1 atom stereocenters. The van der Waals surface area contributed by atoms with Crippen molar-refractivity contribution in [1.29, 1.82) is 0 Å². The Labute approximate surface area is 181 Å². The van der Waals surface area contributed by atoms with Crippen molar-refractivity contribution in [1.82, 2.24) is 4.90 Å². The van der Waals surface area contributed by atoms with E-state index in [1.807, 2.05) is 24.3 Å². The zero-order valence-corrected chi connectivity index (χ0v) is 17.9. The number of hydrogen-bond acceptors (Lipinski definition) is 6. The maximum atomic E-state index is 12.7. The Morgan fingerprint density at radius 3 is 2.52 bits per heavy atom. The van der Waals surface area contributed by atoms with Crippen LogP contribution in [0.25, 0.3) is 0 Å². The number of likely N-dealkylation sites (tertiary alicyclic amines) is 1. The van der Waals surface area contributed by atoms with E-state index in [9.17, 15) is 9.59 Å². The number of ether oxygens (including phenoxy) is 4. The first-order valence-electron chi connectivity index (χ1n) is 10.5. The SMILES string of the molecule is COc1ccc(OCCCC(=O)N2CCC3(CC(=O)c4cc(OC)ccc4O3)C2)cc1. The van der Waals surface area contributed by atoms with Gasteiger partial charge in [-0.05, 0) is 48.9 Å². The smallest absolute Gasteiger partial charge is 0.222 e. The molecule has 2 aliphatic rings. The third-order valence-electron chi connectivity index (χ3n) is 5.83. The van der Waals surface area contributed by atoms with Crippen LogP contribution < -0.4 is 18.9 Å². The number of Topliss-reactive ketones (excluding diaryl/α,β-unsaturated/α-hetero) is 1. The largest absolute Gasteiger partial charge is 0.497 e. The monoisotopic (exact) mass is 425 g/mol. The van der Waals surface area contributed by atoms with Gasteiger partial charge in [0.15, 0.2) is 5.78 Å². The molecule has 0 bridgehead atoms. The Balaban J connectivity index is 1.28. The van der Waals surface area contributed by atoms with Gasteiger partial charge >= 0.3 is 0 Å². The highest BCUT2D eigenvalue weighted by Gasteiger charge is 2.46. The second-order valence-electron chi connectivity index (χ2n) is 7.94. The summed E-state index contributed by atoms with van der Waals surface area (Å²) < 4.78 is 22.2. The predicted octanol–water partition coefficient (Wildman–Crippen LogP) is 3.50. The summed E-state index contributed by atoms with van der Waals surface area (Å²) in [6.45, 7) is 1.49. The van der Waals surface area contributed by atoms with Gasteiger partial charge in [0.25, 0.3) is 0 Å². The van der Waals surface area contributed by atoms with Gasteiger partial charge < -0.3 is 23.8 Å². The van der Waals surface area contributed by atoms with E-state index in [1.165, 1.54) is 0 Å². The van der Waals surface area contributed by atoms with Crippen LogP contribution in [-0.2, 0) is 4.79 Å². The third kappa shape index (κ3) is 4.60. The number of carbonyl (C=O) groups is 2. The van der Waals surface area contributed by atoms with Crippen molar-refractivity contribution in [2.24, 2.45) is 0 Å². The number of ketones is 1. The minimum atomic E-state index is -0.631. The van der Waals surface area contributed by atoms with Crippen LogP contribution in [0.15, 0.2) is 42.5 Å². The lowest BCUT2D eigenvalue weighted by atomic mass is 9.89. The summed E-state index contributed by atoms with van der Waals surface area (Å²) in [6, 6.07) is 12.6. The Morgan fingerprint density at radius 1 is 1.06 bits per heavy atom. The molecule has 0 aliphatic carbocycles. The van der Waals surface area contributed by atoms with Crippen LogP contribution in [0.2, 0.25) is 0 Å². The van der Waals surface area contributed by atoms with Gasteiger partial charge in [-0.15, -0.1) is 0 Å². The number of carbonyl (C=O) groups excluding carboxylic acids is 2. The van der Waals surface area contributed by atoms with Crippen molar-refractivity contribution in [2.75, 3.05) is 33.9 Å². The Morgan fingerprint density at radius 2 is 1.77 bits per heavy atom. The predicted molar refractivity (Wildman–Crippen MR) is 114 cm³/mol. The number of amides is 1. The fourth-order valence-electron chi connectivity index (χ4n) is 4.13. The molecule has 0 aromatic heterocycles. The van der Waals surface area contributed by atoms with Crippen molar-refractivity contribution in [3.8, 4) is 23.0 Å². The quantitative estimate of drug-likeness (QED) is 0.632. The zero-order chi connectivity index (χ0) is 21.8. The summed E-state index contributed by atoms with van der Waals surface area (Å²) in [5, 5.41) is 0. The highest BCUT2D eigenvalue weighted by Crippen LogP contribution is 2.40. The van der Waals surface area contributed by atoms with Gasteiger partial charge in [0.1, 0.15) is 28.6 Å². The third-order valence-corrected chi connectivity index (χ3v) is 5.83. The average Bonchev–Trinajstić information content (AvgIpc) is 3.19. The van der Waals surface area contributed by atoms with Crippen LogP contribution in [-0.4, -0.2) is 56.1 Å². The molecule has 0 radical (unpaired) electrons. The maximum absolute atomic E-state index is 12.7. The molecule has 1 saturated heterocycles. The highest BCUT2D eigenvalue weighted by molar-refractivity contribution is 6.01. The maximum Gasteiger partial charge on any atom is 0.222 e. The molecule has 4 rings (SSSR count). The van der Waals surface area contributed by atoms with Crippen molar-refractivity contribution in [3.63, 3.8) is 0 Å². The molecule has 7 nitrogen and oxygen atoms in total. The number of hydrogen-bond donors (Lipinski definition) is 0. The van der Waals surface area contributed by atoms with Crippen LogP contribution in [0.3, 0.4) is 0 Å². The first-order valence-corrected chi connectivity index (χ1v) is 10.5. The fourth-order valence-corrected chi connectivity index (χ4v) is 4.13. The van der Waals surface area contributed by atoms with E-state index in [0.29, 0.717) is 56.0 Å². The van der Waals surface area contributed by atoms with E-state index in [2.05, 4.69) is 0 Å². The molecule has 1 fully saturated rings. The fraction of sp³-hybridized carbons (Fsp3) is 0.417. The highest BCUT2D eigenvalue weighted by atomic mass is 16.5. The van der Waals surface area contributed by atoms with Crippen LogP contribution in [0.5, 0.6) is 23.0 Å². The van der Waals surface area contributed by atoms with Gasteiger partial charge in [-0.2, -0.15) is 0 Å². The molecule has 1 unspecified atom stereocenters. The van der Waals surface area contributed by atoms with Crippen LogP contribution in [0.1, 0.15) is 36.0 Å². The number of methoxy groups -OCH3 is 2. The van der Waals surface area contributed by atoms with Crippen molar-refractivity contribution < 1.29 is 28.5 Å². The number of rotatable bonds is 7. The summed E-state index contributed by atoms with van der Waals surface area (Å²) in [5.41, 5.74) is -0.0843. The first kappa shape index (κ1) is 21.0. The number of nitrogens with zero attached hydrogens (tertiary/aromatic N) is 1. The standard InChI is InChI=1S/C24H27NO6/c1-28-17-5-7-18(8-6-17)30-13-3-4-23(27)25-12-11-24(16-25)15-21(26)20-14-19(29-2)9-10-22(20)31-24/h5-10,14H,3-4,11-13,15-16H2,1-2H3. The molecule has 2 aromatic rings. The molecule has 0 N–H and O–H groups in total. The lowest BCUT2D eigenvalue weighted by Crippen LogP contribution is -2.45. The molecule has 0 saturated carbocycles. The molecule has 2 aliphatic heterocycles. The normalized spacial score (nSPS) is 19.7. The molecular weight excluding hydrogens is 398 g/mol. The lowest BCUT2D eigenvalue weighted by molar-refractivity contribution is -0.131. The molecule has 1 spiro atoms. The van der Waals surface area contributed by atoms with Gasteiger partial charge in [-0.3, -0.25) is 9.59 Å². The molecule has 2 heterocycles. The van der Waals surface area contributed by atoms with E-state index < -0.39 is 5.60 Å². The van der Waals surface area contributed by atoms with Crippen molar-refractivity contribution in [3.05, 3.63) is 48.0 Å². The van der Waals surface area contributed by atoms with E-state index in [1.54, 1.807) is 37.3 Å². The minimum Gasteiger partial charge on any atom is -0.497 e.